The molecule has 0 aromatic heterocycles. The van der Waals surface area contributed by atoms with Crippen LogP contribution in [-0.2, 0) is 24.0 Å². The smallest absolute Gasteiger partial charge is 0.325 e. The molecule has 4 amide bonds. The quantitative estimate of drug-likeness (QED) is 0.232. The highest BCUT2D eigenvalue weighted by molar-refractivity contribution is 5.94. The van der Waals surface area contributed by atoms with Crippen molar-refractivity contribution < 1.29 is 29.1 Å². The van der Waals surface area contributed by atoms with E-state index in [1.807, 2.05) is 13.8 Å². The van der Waals surface area contributed by atoms with Crippen molar-refractivity contribution in [3.63, 3.8) is 0 Å². The molecule has 0 radical (unpaired) electrons. The molecule has 0 rings (SSSR count). The van der Waals surface area contributed by atoms with Gasteiger partial charge in [0.25, 0.3) is 0 Å². The monoisotopic (exact) mass is 387 g/mol. The van der Waals surface area contributed by atoms with Crippen LogP contribution in [0.2, 0.25) is 0 Å². The summed E-state index contributed by atoms with van der Waals surface area (Å²) in [5, 5.41) is 16.0. The molecule has 0 spiro atoms. The van der Waals surface area contributed by atoms with Crippen molar-refractivity contribution in [2.75, 3.05) is 0 Å². The fraction of sp³-hybridized carbons (Fsp3) is 0.688. The van der Waals surface area contributed by atoms with E-state index in [1.54, 1.807) is 0 Å². The van der Waals surface area contributed by atoms with Gasteiger partial charge in [-0.25, -0.2) is 0 Å². The summed E-state index contributed by atoms with van der Waals surface area (Å²) in [4.78, 5) is 58.0. The minimum absolute atomic E-state index is 0.0371. The minimum atomic E-state index is -1.21. The van der Waals surface area contributed by atoms with Crippen LogP contribution in [-0.4, -0.2) is 58.9 Å². The summed E-state index contributed by atoms with van der Waals surface area (Å²) in [5.41, 5.74) is 10.5. The topological polar surface area (TPSA) is 194 Å². The summed E-state index contributed by atoms with van der Waals surface area (Å²) < 4.78 is 0. The van der Waals surface area contributed by atoms with Crippen molar-refractivity contribution >= 4 is 29.6 Å². The molecule has 0 aliphatic rings. The SMILES string of the molecule is CC(C)CC(NC(=O)C(C)NC(=O)C(N)CC(N)=O)C(=O)NC(C)C(=O)O. The Hall–Kier alpha value is -2.69. The molecule has 0 saturated carbocycles. The molecule has 0 saturated heterocycles. The zero-order valence-corrected chi connectivity index (χ0v) is 15.9. The highest BCUT2D eigenvalue weighted by Gasteiger charge is 2.28. The average molecular weight is 387 g/mol. The van der Waals surface area contributed by atoms with Gasteiger partial charge < -0.3 is 32.5 Å². The summed E-state index contributed by atoms with van der Waals surface area (Å²) in [6.45, 7) is 6.36. The molecule has 8 N–H and O–H groups in total. The Morgan fingerprint density at radius 2 is 1.37 bits per heavy atom. The Labute approximate surface area is 157 Å². The fourth-order valence-electron chi connectivity index (χ4n) is 2.07. The molecule has 0 aliphatic carbocycles. The van der Waals surface area contributed by atoms with Gasteiger partial charge in [-0.2, -0.15) is 0 Å². The molecule has 4 unspecified atom stereocenters. The Morgan fingerprint density at radius 1 is 0.852 bits per heavy atom. The predicted molar refractivity (Wildman–Crippen MR) is 96.0 cm³/mol. The van der Waals surface area contributed by atoms with Gasteiger partial charge in [0.2, 0.25) is 23.6 Å². The van der Waals surface area contributed by atoms with E-state index in [4.69, 9.17) is 16.6 Å². The lowest BCUT2D eigenvalue weighted by Gasteiger charge is -2.24. The van der Waals surface area contributed by atoms with Crippen LogP contribution < -0.4 is 27.4 Å². The number of nitrogens with two attached hydrogens (primary N) is 2. The number of hydrogen-bond acceptors (Lipinski definition) is 6. The van der Waals surface area contributed by atoms with E-state index < -0.39 is 53.8 Å². The molecule has 0 bridgehead atoms. The van der Waals surface area contributed by atoms with Crippen LogP contribution in [0.3, 0.4) is 0 Å². The lowest BCUT2D eigenvalue weighted by Crippen LogP contribution is -2.56. The van der Waals surface area contributed by atoms with Crippen molar-refractivity contribution in [1.82, 2.24) is 16.0 Å². The summed E-state index contributed by atoms with van der Waals surface area (Å²) >= 11 is 0. The summed E-state index contributed by atoms with van der Waals surface area (Å²) in [6.07, 6.45) is -0.0998. The van der Waals surface area contributed by atoms with E-state index in [0.29, 0.717) is 0 Å². The Bertz CT molecular complexity index is 580. The van der Waals surface area contributed by atoms with Crippen molar-refractivity contribution in [2.45, 2.75) is 64.7 Å². The van der Waals surface area contributed by atoms with Gasteiger partial charge in [0.15, 0.2) is 0 Å². The number of nitrogens with one attached hydrogen (secondary N) is 3. The van der Waals surface area contributed by atoms with Gasteiger partial charge in [0, 0.05) is 0 Å². The number of carboxylic acids is 1. The fourth-order valence-corrected chi connectivity index (χ4v) is 2.07. The predicted octanol–water partition coefficient (Wildman–Crippen LogP) is -2.19. The zero-order chi connectivity index (χ0) is 21.3. The van der Waals surface area contributed by atoms with Gasteiger partial charge in [0.1, 0.15) is 18.1 Å². The highest BCUT2D eigenvalue weighted by Crippen LogP contribution is 2.06. The first-order valence-electron chi connectivity index (χ1n) is 8.52. The number of rotatable bonds is 11. The van der Waals surface area contributed by atoms with E-state index in [-0.39, 0.29) is 18.8 Å². The molecular weight excluding hydrogens is 358 g/mol. The van der Waals surface area contributed by atoms with Crippen LogP contribution in [0.25, 0.3) is 0 Å². The number of carbonyl (C=O) groups is 5. The third kappa shape index (κ3) is 9.54. The molecule has 0 aromatic carbocycles. The van der Waals surface area contributed by atoms with Crippen LogP contribution in [0, 0.1) is 5.92 Å². The van der Waals surface area contributed by atoms with Gasteiger partial charge in [-0.05, 0) is 26.2 Å². The molecule has 0 fully saturated rings. The van der Waals surface area contributed by atoms with Gasteiger partial charge in [-0.15, -0.1) is 0 Å². The number of primary amides is 1. The van der Waals surface area contributed by atoms with Crippen LogP contribution in [0.4, 0.5) is 0 Å². The third-order valence-electron chi connectivity index (χ3n) is 3.58. The van der Waals surface area contributed by atoms with Gasteiger partial charge in [-0.3, -0.25) is 24.0 Å². The Balaban J connectivity index is 4.92. The van der Waals surface area contributed by atoms with Crippen LogP contribution in [0.15, 0.2) is 0 Å². The third-order valence-corrected chi connectivity index (χ3v) is 3.58. The normalized spacial score (nSPS) is 15.2. The van der Waals surface area contributed by atoms with Crippen LogP contribution in [0.1, 0.15) is 40.5 Å². The highest BCUT2D eigenvalue weighted by atomic mass is 16.4. The second-order valence-corrected chi connectivity index (χ2v) is 6.77. The molecule has 154 valence electrons. The lowest BCUT2D eigenvalue weighted by atomic mass is 10.0. The average Bonchev–Trinajstić information content (AvgIpc) is 2.52. The van der Waals surface area contributed by atoms with Crippen molar-refractivity contribution in [3.05, 3.63) is 0 Å². The van der Waals surface area contributed by atoms with Crippen molar-refractivity contribution in [1.29, 1.82) is 0 Å². The largest absolute Gasteiger partial charge is 0.480 e. The van der Waals surface area contributed by atoms with Gasteiger partial charge in [-0.1, -0.05) is 13.8 Å². The minimum Gasteiger partial charge on any atom is -0.480 e. The number of carboxylic acid groups (broad SMARTS) is 1. The number of aliphatic carboxylic acids is 1. The first kappa shape index (κ1) is 24.3. The molecule has 11 nitrogen and oxygen atoms in total. The summed E-state index contributed by atoms with van der Waals surface area (Å²) in [6, 6.07) is -4.31. The van der Waals surface area contributed by atoms with Gasteiger partial charge in [0.05, 0.1) is 12.5 Å². The van der Waals surface area contributed by atoms with E-state index in [9.17, 15) is 24.0 Å². The molecule has 0 aliphatic heterocycles. The zero-order valence-electron chi connectivity index (χ0n) is 15.9. The first-order chi connectivity index (χ1) is 12.3. The van der Waals surface area contributed by atoms with Crippen molar-refractivity contribution in [2.24, 2.45) is 17.4 Å². The number of carbonyl (C=O) groups excluding carboxylic acids is 4. The summed E-state index contributed by atoms with van der Waals surface area (Å²) in [7, 11) is 0. The second-order valence-electron chi connectivity index (χ2n) is 6.77. The maximum Gasteiger partial charge on any atom is 0.325 e. The maximum atomic E-state index is 12.3. The second kappa shape index (κ2) is 11.1. The molecule has 11 heteroatoms. The number of hydrogen-bond donors (Lipinski definition) is 6. The lowest BCUT2D eigenvalue weighted by molar-refractivity contribution is -0.141. The van der Waals surface area contributed by atoms with Gasteiger partial charge >= 0.3 is 5.97 Å². The van der Waals surface area contributed by atoms with E-state index in [2.05, 4.69) is 16.0 Å². The first-order valence-corrected chi connectivity index (χ1v) is 8.52. The number of amides is 4. The maximum absolute atomic E-state index is 12.3. The van der Waals surface area contributed by atoms with Crippen molar-refractivity contribution in [3.8, 4) is 0 Å². The standard InChI is InChI=1S/C16H29N5O6/c1-7(2)5-11(15(25)20-9(4)16(26)27)21-13(23)8(3)19-14(24)10(17)6-12(18)22/h7-11H,5-6,17H2,1-4H3,(H2,18,22)(H,19,24)(H,20,25)(H,21,23)(H,26,27). The summed E-state index contributed by atoms with van der Waals surface area (Å²) in [5.74, 6) is -3.96. The van der Waals surface area contributed by atoms with E-state index in [0.717, 1.165) is 0 Å². The van der Waals surface area contributed by atoms with Crippen LogP contribution in [0.5, 0.6) is 0 Å². The molecule has 27 heavy (non-hydrogen) atoms. The Morgan fingerprint density at radius 3 is 1.81 bits per heavy atom. The molecular formula is C16H29N5O6. The Kier molecular flexibility index (Phi) is 10.0. The molecule has 0 aromatic rings. The molecule has 0 heterocycles. The van der Waals surface area contributed by atoms with Crippen LogP contribution >= 0.6 is 0 Å². The van der Waals surface area contributed by atoms with E-state index in [1.165, 1.54) is 13.8 Å². The van der Waals surface area contributed by atoms with E-state index >= 15 is 0 Å². The molecule has 4 atom stereocenters.